The Hall–Kier alpha value is -2.27. The van der Waals surface area contributed by atoms with Crippen molar-refractivity contribution in [3.8, 4) is 0 Å². The number of hydrogen-bond donors (Lipinski definition) is 5. The van der Waals surface area contributed by atoms with Crippen molar-refractivity contribution in [2.45, 2.75) is 37.5 Å². The third kappa shape index (κ3) is 3.78. The smallest absolute Gasteiger partial charge is 0.234 e. The van der Waals surface area contributed by atoms with Crippen LogP contribution in [0.5, 0.6) is 0 Å². The molecule has 5 N–H and O–H groups in total. The average Bonchev–Trinajstić information content (AvgIpc) is 3.05. The Morgan fingerprint density at radius 2 is 2.12 bits per heavy atom. The van der Waals surface area contributed by atoms with Crippen molar-refractivity contribution in [3.63, 3.8) is 0 Å². The summed E-state index contributed by atoms with van der Waals surface area (Å²) in [6.07, 6.45) is -0.710. The first-order valence-corrected chi connectivity index (χ1v) is 8.37. The van der Waals surface area contributed by atoms with Crippen LogP contribution in [0.2, 0.25) is 0 Å². The van der Waals surface area contributed by atoms with Crippen molar-refractivity contribution in [2.24, 2.45) is 0 Å². The number of H-pyrrole nitrogens is 1. The molecule has 1 amide bonds. The highest BCUT2D eigenvalue weighted by Gasteiger charge is 2.43. The Balaban J connectivity index is 1.70. The number of nitrogens with zero attached hydrogens (tertiary/aromatic N) is 3. The summed E-state index contributed by atoms with van der Waals surface area (Å²) in [7, 11) is 3.55. The van der Waals surface area contributed by atoms with E-state index in [0.717, 1.165) is 5.39 Å². The van der Waals surface area contributed by atoms with Crippen LogP contribution in [0.15, 0.2) is 18.6 Å². The molecule has 2 aromatic heterocycles. The predicted octanol–water partition coefficient (Wildman–Crippen LogP) is -1.12. The number of hydrogen-bond acceptors (Lipinski definition) is 8. The Labute approximate surface area is 150 Å². The lowest BCUT2D eigenvalue weighted by Crippen LogP contribution is -2.64. The zero-order valence-corrected chi connectivity index (χ0v) is 14.9. The van der Waals surface area contributed by atoms with Crippen LogP contribution in [0.1, 0.15) is 6.92 Å². The molecule has 0 aromatic carbocycles. The molecule has 0 saturated carbocycles. The van der Waals surface area contributed by atoms with Gasteiger partial charge in [-0.1, -0.05) is 0 Å². The number of carbonyl (C=O) groups excluding carboxylic acids is 1. The molecule has 3 heterocycles. The van der Waals surface area contributed by atoms with E-state index in [0.29, 0.717) is 11.5 Å². The summed E-state index contributed by atoms with van der Waals surface area (Å²) < 4.78 is 5.80. The maximum atomic E-state index is 12.0. The minimum Gasteiger partial charge on any atom is -0.388 e. The normalized spacial score (nSPS) is 29.1. The number of amides is 1. The van der Waals surface area contributed by atoms with E-state index in [1.165, 1.54) is 6.33 Å². The molecular formula is C16H24N6O4. The van der Waals surface area contributed by atoms with Crippen LogP contribution in [0, 0.1) is 0 Å². The zero-order valence-electron chi connectivity index (χ0n) is 14.9. The lowest BCUT2D eigenvalue weighted by molar-refractivity contribution is -0.172. The second kappa shape index (κ2) is 7.54. The van der Waals surface area contributed by atoms with Gasteiger partial charge in [0, 0.05) is 6.20 Å². The molecule has 0 unspecified atom stereocenters. The molecule has 10 nitrogen and oxygen atoms in total. The second-order valence-corrected chi connectivity index (χ2v) is 6.68. The third-order valence-corrected chi connectivity index (χ3v) is 4.32. The fraction of sp³-hybridized carbons (Fsp3) is 0.562. The van der Waals surface area contributed by atoms with Crippen LogP contribution in [0.3, 0.4) is 0 Å². The molecule has 0 spiro atoms. The Morgan fingerprint density at radius 1 is 1.35 bits per heavy atom. The van der Waals surface area contributed by atoms with Gasteiger partial charge in [0.25, 0.3) is 0 Å². The molecule has 0 aliphatic carbocycles. The lowest BCUT2D eigenvalue weighted by Gasteiger charge is -2.42. The van der Waals surface area contributed by atoms with Crippen molar-refractivity contribution in [1.82, 2.24) is 25.2 Å². The van der Waals surface area contributed by atoms with E-state index in [9.17, 15) is 15.0 Å². The van der Waals surface area contributed by atoms with E-state index in [-0.39, 0.29) is 12.5 Å². The first-order chi connectivity index (χ1) is 12.4. The second-order valence-electron chi connectivity index (χ2n) is 6.68. The molecule has 0 bridgehead atoms. The van der Waals surface area contributed by atoms with Gasteiger partial charge in [-0.3, -0.25) is 4.79 Å². The number of likely N-dealkylation sites (N-methyl/N-ethyl adjacent to an activating group) is 1. The van der Waals surface area contributed by atoms with Gasteiger partial charge in [-0.2, -0.15) is 0 Å². The Morgan fingerprint density at radius 3 is 2.85 bits per heavy atom. The van der Waals surface area contributed by atoms with Gasteiger partial charge in [-0.15, -0.1) is 0 Å². The monoisotopic (exact) mass is 364 g/mol. The number of ether oxygens (including phenoxy) is 1. The molecule has 1 aliphatic heterocycles. The minimum atomic E-state index is -1.25. The summed E-state index contributed by atoms with van der Waals surface area (Å²) in [6, 6.07) is 1.09. The molecule has 0 radical (unpaired) electrons. The maximum absolute atomic E-state index is 12.0. The number of aromatic amines is 1. The van der Waals surface area contributed by atoms with Crippen LogP contribution in [0.25, 0.3) is 11.0 Å². The van der Waals surface area contributed by atoms with Crippen LogP contribution in [0.4, 0.5) is 5.82 Å². The number of anilines is 1. The summed E-state index contributed by atoms with van der Waals surface area (Å²) in [5.74, 6) is 0.229. The maximum Gasteiger partial charge on any atom is 0.234 e. The van der Waals surface area contributed by atoms with Crippen LogP contribution in [-0.4, -0.2) is 87.2 Å². The number of carbonyl (C=O) groups is 1. The molecule has 1 aliphatic rings. The van der Waals surface area contributed by atoms with Gasteiger partial charge in [-0.05, 0) is 27.1 Å². The van der Waals surface area contributed by atoms with Crippen LogP contribution >= 0.6 is 0 Å². The highest BCUT2D eigenvalue weighted by Crippen LogP contribution is 2.25. The van der Waals surface area contributed by atoms with E-state index in [4.69, 9.17) is 4.74 Å². The number of aliphatic hydroxyl groups is 2. The van der Waals surface area contributed by atoms with Gasteiger partial charge in [0.2, 0.25) is 5.91 Å². The average molecular weight is 364 g/mol. The Kier molecular flexibility index (Phi) is 5.37. The van der Waals surface area contributed by atoms with Gasteiger partial charge in [-0.25, -0.2) is 9.97 Å². The van der Waals surface area contributed by atoms with Gasteiger partial charge >= 0.3 is 0 Å². The number of aliphatic hydroxyl groups excluding tert-OH is 2. The van der Waals surface area contributed by atoms with Gasteiger partial charge < -0.3 is 35.5 Å². The van der Waals surface area contributed by atoms with E-state index in [1.54, 1.807) is 38.2 Å². The predicted molar refractivity (Wildman–Crippen MR) is 94.3 cm³/mol. The summed E-state index contributed by atoms with van der Waals surface area (Å²) >= 11 is 0. The van der Waals surface area contributed by atoms with Crippen LogP contribution in [-0.2, 0) is 9.53 Å². The number of aromatic nitrogens is 3. The van der Waals surface area contributed by atoms with Crippen molar-refractivity contribution < 1.29 is 19.7 Å². The SMILES string of the molecule is C[C@@H]1O[C@H](Nc2ncnc3[nH]ccc23)[C@H](O)[C@H](O)[C@H]1NC(=O)CN(C)C. The first-order valence-electron chi connectivity index (χ1n) is 8.37. The number of rotatable bonds is 5. The molecule has 3 rings (SSSR count). The number of nitrogens with one attached hydrogen (secondary N) is 3. The molecule has 142 valence electrons. The van der Waals surface area contributed by atoms with Gasteiger partial charge in [0.05, 0.1) is 24.1 Å². The van der Waals surface area contributed by atoms with E-state index < -0.39 is 30.6 Å². The molecule has 1 saturated heterocycles. The summed E-state index contributed by atoms with van der Waals surface area (Å²) in [5, 5.41) is 27.4. The summed E-state index contributed by atoms with van der Waals surface area (Å²) in [4.78, 5) is 24.9. The largest absolute Gasteiger partial charge is 0.388 e. The topological polar surface area (TPSA) is 136 Å². The van der Waals surface area contributed by atoms with Crippen molar-refractivity contribution in [2.75, 3.05) is 26.0 Å². The molecule has 2 aromatic rings. The molecular weight excluding hydrogens is 340 g/mol. The lowest BCUT2D eigenvalue weighted by atomic mass is 9.96. The Bertz CT molecular complexity index is 766. The zero-order chi connectivity index (χ0) is 18.8. The van der Waals surface area contributed by atoms with Crippen molar-refractivity contribution in [1.29, 1.82) is 0 Å². The van der Waals surface area contributed by atoms with Gasteiger partial charge in [0.1, 0.15) is 30.0 Å². The minimum absolute atomic E-state index is 0.181. The summed E-state index contributed by atoms with van der Waals surface area (Å²) in [6.45, 7) is 1.91. The molecule has 1 fully saturated rings. The highest BCUT2D eigenvalue weighted by molar-refractivity contribution is 5.86. The van der Waals surface area contributed by atoms with Crippen molar-refractivity contribution >= 4 is 22.8 Å². The molecule has 10 heteroatoms. The van der Waals surface area contributed by atoms with Gasteiger partial charge in [0.15, 0.2) is 6.23 Å². The first kappa shape index (κ1) is 18.5. The number of fused-ring (bicyclic) bond motifs is 1. The van der Waals surface area contributed by atoms with E-state index >= 15 is 0 Å². The van der Waals surface area contributed by atoms with E-state index in [1.807, 2.05) is 0 Å². The quantitative estimate of drug-likeness (QED) is 0.450. The fourth-order valence-electron chi connectivity index (χ4n) is 3.03. The fourth-order valence-corrected chi connectivity index (χ4v) is 3.03. The van der Waals surface area contributed by atoms with Crippen molar-refractivity contribution in [3.05, 3.63) is 18.6 Å². The molecule has 5 atom stereocenters. The van der Waals surface area contributed by atoms with E-state index in [2.05, 4.69) is 25.6 Å². The van der Waals surface area contributed by atoms with Crippen LogP contribution < -0.4 is 10.6 Å². The standard InChI is InChI=1S/C16H24N6O4/c1-8-11(20-10(23)6-22(2)3)12(24)13(25)16(26-8)21-15-9-4-5-17-14(9)18-7-19-15/h4-5,7-8,11-13,16,24-25H,6H2,1-3H3,(H,20,23)(H2,17,18,19,21)/t8-,11-,12+,13+,16-/m0/s1. The third-order valence-electron chi connectivity index (χ3n) is 4.32. The summed E-state index contributed by atoms with van der Waals surface area (Å²) in [5.41, 5.74) is 0.648. The highest BCUT2D eigenvalue weighted by atomic mass is 16.5. The molecule has 26 heavy (non-hydrogen) atoms.